The summed E-state index contributed by atoms with van der Waals surface area (Å²) in [5.41, 5.74) is 0.938. The van der Waals surface area contributed by atoms with Gasteiger partial charge in [-0.05, 0) is 43.5 Å². The average Bonchev–Trinajstić information content (AvgIpc) is 3.38. The molecule has 2 N–H and O–H groups in total. The zero-order chi connectivity index (χ0) is 19.7. The van der Waals surface area contributed by atoms with Gasteiger partial charge in [0.15, 0.2) is 0 Å². The van der Waals surface area contributed by atoms with Crippen LogP contribution in [0.25, 0.3) is 10.4 Å². The predicted molar refractivity (Wildman–Crippen MR) is 107 cm³/mol. The molecule has 0 radical (unpaired) electrons. The van der Waals surface area contributed by atoms with Crippen molar-refractivity contribution >= 4 is 33.2 Å². The SMILES string of the molecule is CNS(=O)(=O)c1ccc(-c2cccs2)c(C(=O)Nc2nnc3n2CCCC3)c1. The van der Waals surface area contributed by atoms with Gasteiger partial charge in [0.1, 0.15) is 5.82 Å². The number of hydrogen-bond donors (Lipinski definition) is 2. The van der Waals surface area contributed by atoms with Crippen molar-refractivity contribution in [1.29, 1.82) is 0 Å². The van der Waals surface area contributed by atoms with Gasteiger partial charge in [0.2, 0.25) is 16.0 Å². The molecule has 1 aromatic carbocycles. The molecule has 0 bridgehead atoms. The summed E-state index contributed by atoms with van der Waals surface area (Å²) >= 11 is 1.48. The van der Waals surface area contributed by atoms with Crippen LogP contribution in [0, 0.1) is 0 Å². The van der Waals surface area contributed by atoms with Gasteiger partial charge in [0, 0.05) is 29.0 Å². The van der Waals surface area contributed by atoms with Crippen molar-refractivity contribution < 1.29 is 13.2 Å². The van der Waals surface area contributed by atoms with E-state index in [1.807, 2.05) is 22.1 Å². The highest BCUT2D eigenvalue weighted by Crippen LogP contribution is 2.30. The second-order valence-electron chi connectivity index (χ2n) is 6.39. The molecule has 3 aromatic rings. The number of aryl methyl sites for hydroxylation is 1. The van der Waals surface area contributed by atoms with Crippen LogP contribution in [0.3, 0.4) is 0 Å². The Morgan fingerprint density at radius 2 is 2.07 bits per heavy atom. The molecule has 8 nitrogen and oxygen atoms in total. The number of aromatic nitrogens is 3. The molecule has 0 fully saturated rings. The number of anilines is 1. The van der Waals surface area contributed by atoms with E-state index in [9.17, 15) is 13.2 Å². The van der Waals surface area contributed by atoms with Gasteiger partial charge in [-0.25, -0.2) is 13.1 Å². The Labute approximate surface area is 166 Å². The molecule has 2 aromatic heterocycles. The van der Waals surface area contributed by atoms with Gasteiger partial charge >= 0.3 is 0 Å². The van der Waals surface area contributed by atoms with Crippen LogP contribution in [0.2, 0.25) is 0 Å². The molecule has 0 spiro atoms. The van der Waals surface area contributed by atoms with Crippen molar-refractivity contribution in [3.05, 3.63) is 47.1 Å². The van der Waals surface area contributed by atoms with Crippen molar-refractivity contribution in [3.8, 4) is 10.4 Å². The minimum atomic E-state index is -3.68. The standard InChI is InChI=1S/C18H19N5O3S2/c1-19-28(25,26)12-7-8-13(15-5-4-10-27-15)14(11-12)17(24)20-18-22-21-16-6-2-3-9-23(16)18/h4-5,7-8,10-11,19H,2-3,6,9H2,1H3,(H,20,22,24). The molecular formula is C18H19N5O3S2. The summed E-state index contributed by atoms with van der Waals surface area (Å²) in [7, 11) is -2.34. The lowest BCUT2D eigenvalue weighted by Crippen LogP contribution is -2.21. The third-order valence-electron chi connectivity index (χ3n) is 4.69. The first-order valence-corrected chi connectivity index (χ1v) is 11.2. The Bertz CT molecular complexity index is 1120. The molecule has 3 heterocycles. The number of rotatable bonds is 5. The second-order valence-corrected chi connectivity index (χ2v) is 9.23. The lowest BCUT2D eigenvalue weighted by Gasteiger charge is -2.15. The Hall–Kier alpha value is -2.56. The zero-order valence-corrected chi connectivity index (χ0v) is 16.8. The molecule has 1 amide bonds. The number of hydrogen-bond acceptors (Lipinski definition) is 6. The van der Waals surface area contributed by atoms with E-state index >= 15 is 0 Å². The van der Waals surface area contributed by atoms with E-state index in [4.69, 9.17) is 0 Å². The number of nitrogens with one attached hydrogen (secondary N) is 2. The number of thiophene rings is 1. The van der Waals surface area contributed by atoms with E-state index in [0.29, 0.717) is 11.5 Å². The molecule has 0 unspecified atom stereocenters. The minimum absolute atomic E-state index is 0.0312. The van der Waals surface area contributed by atoms with Crippen LogP contribution in [0.1, 0.15) is 29.0 Å². The number of carbonyl (C=O) groups excluding carboxylic acids is 1. The van der Waals surface area contributed by atoms with Crippen LogP contribution in [-0.4, -0.2) is 36.1 Å². The van der Waals surface area contributed by atoms with Crippen LogP contribution in [-0.2, 0) is 23.0 Å². The fraction of sp³-hybridized carbons (Fsp3) is 0.278. The molecule has 1 aliphatic heterocycles. The minimum Gasteiger partial charge on any atom is -0.297 e. The number of sulfonamides is 1. The van der Waals surface area contributed by atoms with Crippen LogP contribution in [0.4, 0.5) is 5.95 Å². The summed E-state index contributed by atoms with van der Waals surface area (Å²) in [6.07, 6.45) is 2.89. The first-order chi connectivity index (χ1) is 13.5. The van der Waals surface area contributed by atoms with Crippen molar-refractivity contribution in [2.45, 2.75) is 30.7 Å². The first-order valence-electron chi connectivity index (χ1n) is 8.84. The zero-order valence-electron chi connectivity index (χ0n) is 15.2. The maximum atomic E-state index is 13.1. The molecule has 0 aliphatic carbocycles. The molecule has 10 heteroatoms. The van der Waals surface area contributed by atoms with Crippen LogP contribution >= 0.6 is 11.3 Å². The van der Waals surface area contributed by atoms with Crippen molar-refractivity contribution in [2.75, 3.05) is 12.4 Å². The van der Waals surface area contributed by atoms with Gasteiger partial charge in [-0.1, -0.05) is 12.1 Å². The fourth-order valence-corrected chi connectivity index (χ4v) is 4.73. The fourth-order valence-electron chi connectivity index (χ4n) is 3.21. The molecular weight excluding hydrogens is 398 g/mol. The van der Waals surface area contributed by atoms with Gasteiger partial charge in [0.25, 0.3) is 5.91 Å². The largest absolute Gasteiger partial charge is 0.297 e. The maximum absolute atomic E-state index is 13.1. The molecule has 28 heavy (non-hydrogen) atoms. The Balaban J connectivity index is 1.75. The number of nitrogens with zero attached hydrogens (tertiary/aromatic N) is 3. The maximum Gasteiger partial charge on any atom is 0.258 e. The normalized spacial score (nSPS) is 13.9. The third kappa shape index (κ3) is 3.46. The summed E-state index contributed by atoms with van der Waals surface area (Å²) in [6.45, 7) is 0.754. The second kappa shape index (κ2) is 7.46. The van der Waals surface area contributed by atoms with Gasteiger partial charge in [0.05, 0.1) is 4.90 Å². The Morgan fingerprint density at radius 1 is 1.21 bits per heavy atom. The lowest BCUT2D eigenvalue weighted by atomic mass is 10.1. The molecule has 0 saturated heterocycles. The van der Waals surface area contributed by atoms with E-state index in [1.54, 1.807) is 6.07 Å². The summed E-state index contributed by atoms with van der Waals surface area (Å²) in [4.78, 5) is 14.0. The van der Waals surface area contributed by atoms with Gasteiger partial charge in [-0.15, -0.1) is 21.5 Å². The van der Waals surface area contributed by atoms with Crippen molar-refractivity contribution in [2.24, 2.45) is 0 Å². The highest BCUT2D eigenvalue weighted by atomic mass is 32.2. The summed E-state index contributed by atoms with van der Waals surface area (Å²) in [5.74, 6) is 0.822. The van der Waals surface area contributed by atoms with Gasteiger partial charge < -0.3 is 0 Å². The lowest BCUT2D eigenvalue weighted by molar-refractivity contribution is 0.102. The number of fused-ring (bicyclic) bond motifs is 1. The summed E-state index contributed by atoms with van der Waals surface area (Å²) in [6, 6.07) is 8.32. The van der Waals surface area contributed by atoms with Crippen LogP contribution < -0.4 is 10.0 Å². The molecule has 146 valence electrons. The molecule has 0 saturated carbocycles. The van der Waals surface area contributed by atoms with E-state index in [2.05, 4.69) is 20.2 Å². The van der Waals surface area contributed by atoms with E-state index in [-0.39, 0.29) is 10.5 Å². The quantitative estimate of drug-likeness (QED) is 0.663. The number of benzene rings is 1. The number of carbonyl (C=O) groups is 1. The molecule has 1 aliphatic rings. The van der Waals surface area contributed by atoms with Gasteiger partial charge in [-0.3, -0.25) is 14.7 Å². The molecule has 0 atom stereocenters. The highest BCUT2D eigenvalue weighted by molar-refractivity contribution is 7.89. The van der Waals surface area contributed by atoms with E-state index < -0.39 is 15.9 Å². The van der Waals surface area contributed by atoms with Crippen LogP contribution in [0.15, 0.2) is 40.6 Å². The third-order valence-corrected chi connectivity index (χ3v) is 7.00. The predicted octanol–water partition coefficient (Wildman–Crippen LogP) is 2.50. The number of amides is 1. The monoisotopic (exact) mass is 417 g/mol. The smallest absolute Gasteiger partial charge is 0.258 e. The Kier molecular flexibility index (Phi) is 5.00. The summed E-state index contributed by atoms with van der Waals surface area (Å²) < 4.78 is 28.6. The van der Waals surface area contributed by atoms with Crippen molar-refractivity contribution in [3.63, 3.8) is 0 Å². The van der Waals surface area contributed by atoms with Gasteiger partial charge in [-0.2, -0.15) is 0 Å². The molecule has 4 rings (SSSR count). The highest BCUT2D eigenvalue weighted by Gasteiger charge is 2.22. The topological polar surface area (TPSA) is 106 Å². The van der Waals surface area contributed by atoms with E-state index in [1.165, 1.54) is 30.5 Å². The first kappa shape index (κ1) is 18.8. The average molecular weight is 418 g/mol. The van der Waals surface area contributed by atoms with Crippen LogP contribution in [0.5, 0.6) is 0 Å². The Morgan fingerprint density at radius 3 is 2.82 bits per heavy atom. The summed E-state index contributed by atoms with van der Waals surface area (Å²) in [5, 5.41) is 12.9. The van der Waals surface area contributed by atoms with Crippen molar-refractivity contribution in [1.82, 2.24) is 19.5 Å². The van der Waals surface area contributed by atoms with E-state index in [0.717, 1.165) is 36.5 Å².